The van der Waals surface area contributed by atoms with E-state index in [0.29, 0.717) is 11.5 Å². The summed E-state index contributed by atoms with van der Waals surface area (Å²) in [5.41, 5.74) is 2.19. The molecule has 4 atom stereocenters. The highest BCUT2D eigenvalue weighted by molar-refractivity contribution is 6.08. The maximum atomic E-state index is 13.6. The summed E-state index contributed by atoms with van der Waals surface area (Å²) in [7, 11) is 4.84. The molecular formula is C23H30N2O4. The van der Waals surface area contributed by atoms with Gasteiger partial charge in [-0.05, 0) is 42.9 Å². The van der Waals surface area contributed by atoms with Crippen molar-refractivity contribution in [3.63, 3.8) is 0 Å². The van der Waals surface area contributed by atoms with Crippen LogP contribution in [0, 0.1) is 11.8 Å². The fourth-order valence-corrected chi connectivity index (χ4v) is 5.94. The molecule has 0 aromatic heterocycles. The predicted octanol–water partition coefficient (Wildman–Crippen LogP) is 2.72. The van der Waals surface area contributed by atoms with Crippen LogP contribution in [0.25, 0.3) is 0 Å². The Morgan fingerprint density at radius 1 is 1.31 bits per heavy atom. The first-order valence-corrected chi connectivity index (χ1v) is 10.4. The lowest BCUT2D eigenvalue weighted by Crippen LogP contribution is -2.54. The summed E-state index contributed by atoms with van der Waals surface area (Å²) >= 11 is 0. The Labute approximate surface area is 172 Å². The number of amides is 1. The molecule has 1 aromatic rings. The van der Waals surface area contributed by atoms with Gasteiger partial charge in [0.15, 0.2) is 0 Å². The first-order chi connectivity index (χ1) is 14.0. The maximum absolute atomic E-state index is 13.6. The molecule has 0 bridgehead atoms. The summed E-state index contributed by atoms with van der Waals surface area (Å²) in [6.07, 6.45) is 4.07. The van der Waals surface area contributed by atoms with Crippen LogP contribution in [0.4, 0.5) is 5.69 Å². The van der Waals surface area contributed by atoms with Crippen LogP contribution < -0.4 is 4.90 Å². The number of nitrogens with zero attached hydrogens (tertiary/aromatic N) is 2. The number of methoxy groups -OCH3 is 2. The molecule has 0 unspecified atom stereocenters. The number of esters is 1. The van der Waals surface area contributed by atoms with E-state index in [-0.39, 0.29) is 23.8 Å². The zero-order valence-corrected chi connectivity index (χ0v) is 17.7. The van der Waals surface area contributed by atoms with E-state index in [4.69, 9.17) is 9.47 Å². The van der Waals surface area contributed by atoms with E-state index < -0.39 is 5.41 Å². The van der Waals surface area contributed by atoms with Gasteiger partial charge in [-0.1, -0.05) is 31.5 Å². The van der Waals surface area contributed by atoms with Crippen LogP contribution in [0.3, 0.4) is 0 Å². The molecule has 29 heavy (non-hydrogen) atoms. The second-order valence-corrected chi connectivity index (χ2v) is 8.42. The third-order valence-electron chi connectivity index (χ3n) is 7.34. The van der Waals surface area contributed by atoms with Crippen LogP contribution in [0.15, 0.2) is 36.1 Å². The zero-order valence-electron chi connectivity index (χ0n) is 17.7. The summed E-state index contributed by atoms with van der Waals surface area (Å²) in [6.45, 7) is 3.95. The predicted molar refractivity (Wildman–Crippen MR) is 111 cm³/mol. The van der Waals surface area contributed by atoms with E-state index >= 15 is 0 Å². The SMILES string of the molecule is CC[C@@H]1CN2CC[C@]3(C(=O)N(C)c4ccccc43)[C@@H]2C[C@@H]1/C(=C\OC)C(=O)OC. The van der Waals surface area contributed by atoms with Crippen molar-refractivity contribution >= 4 is 17.6 Å². The number of fused-ring (bicyclic) bond motifs is 4. The summed E-state index contributed by atoms with van der Waals surface area (Å²) < 4.78 is 10.3. The number of anilines is 1. The van der Waals surface area contributed by atoms with Crippen LogP contribution in [0.2, 0.25) is 0 Å². The van der Waals surface area contributed by atoms with E-state index in [1.807, 2.05) is 30.1 Å². The Morgan fingerprint density at radius 3 is 2.76 bits per heavy atom. The minimum absolute atomic E-state index is 0.00879. The molecule has 1 spiro atoms. The Bertz CT molecular complexity index is 851. The standard InChI is InChI=1S/C23H30N2O4/c1-5-15-13-25-11-10-23(18-8-6-7-9-19(18)24(2)22(23)27)20(25)12-16(15)17(14-28-3)21(26)29-4/h6-9,14-16,20H,5,10-13H2,1-4H3/b17-14+/t15-,16+,20+,23-/m1/s1. The van der Waals surface area contributed by atoms with Gasteiger partial charge in [0.2, 0.25) is 5.91 Å². The smallest absolute Gasteiger partial charge is 0.337 e. The molecule has 2 fully saturated rings. The molecular weight excluding hydrogens is 368 g/mol. The van der Waals surface area contributed by atoms with Crippen molar-refractivity contribution in [2.24, 2.45) is 11.8 Å². The highest BCUT2D eigenvalue weighted by Gasteiger charge is 2.61. The average molecular weight is 399 g/mol. The number of hydrogen-bond acceptors (Lipinski definition) is 5. The van der Waals surface area contributed by atoms with E-state index in [1.54, 1.807) is 7.11 Å². The summed E-state index contributed by atoms with van der Waals surface area (Å²) in [4.78, 5) is 30.4. The Morgan fingerprint density at radius 2 is 2.07 bits per heavy atom. The van der Waals surface area contributed by atoms with Gasteiger partial charge >= 0.3 is 5.97 Å². The van der Waals surface area contributed by atoms with Gasteiger partial charge in [0.05, 0.1) is 31.5 Å². The van der Waals surface area contributed by atoms with Crippen LogP contribution in [0.5, 0.6) is 0 Å². The third kappa shape index (κ3) is 2.80. The van der Waals surface area contributed by atoms with Crippen molar-refractivity contribution in [1.29, 1.82) is 0 Å². The van der Waals surface area contributed by atoms with E-state index in [9.17, 15) is 9.59 Å². The third-order valence-corrected chi connectivity index (χ3v) is 7.34. The topological polar surface area (TPSA) is 59.1 Å². The van der Waals surface area contributed by atoms with Gasteiger partial charge in [-0.15, -0.1) is 0 Å². The van der Waals surface area contributed by atoms with Crippen molar-refractivity contribution in [1.82, 2.24) is 4.90 Å². The number of hydrogen-bond donors (Lipinski definition) is 0. The fraction of sp³-hybridized carbons (Fsp3) is 0.565. The molecule has 3 aliphatic heterocycles. The van der Waals surface area contributed by atoms with Crippen LogP contribution in [-0.4, -0.2) is 57.2 Å². The van der Waals surface area contributed by atoms with Crippen LogP contribution >= 0.6 is 0 Å². The number of benzene rings is 1. The molecule has 156 valence electrons. The molecule has 0 saturated carbocycles. The van der Waals surface area contributed by atoms with E-state index in [2.05, 4.69) is 17.9 Å². The van der Waals surface area contributed by atoms with Gasteiger partial charge in [-0.3, -0.25) is 9.69 Å². The van der Waals surface area contributed by atoms with Crippen molar-refractivity contribution in [2.75, 3.05) is 39.3 Å². The lowest BCUT2D eigenvalue weighted by Gasteiger charge is -2.45. The van der Waals surface area contributed by atoms with Crippen molar-refractivity contribution in [3.8, 4) is 0 Å². The molecule has 1 amide bonds. The van der Waals surface area contributed by atoms with Gasteiger partial charge in [0, 0.05) is 25.3 Å². The van der Waals surface area contributed by atoms with E-state index in [0.717, 1.165) is 43.6 Å². The monoisotopic (exact) mass is 398 g/mol. The first kappa shape index (κ1) is 20.0. The fourth-order valence-electron chi connectivity index (χ4n) is 5.94. The second kappa shape index (κ2) is 7.48. The average Bonchev–Trinajstić information content (AvgIpc) is 3.23. The lowest BCUT2D eigenvalue weighted by molar-refractivity contribution is -0.137. The molecule has 6 heteroatoms. The number of carbonyl (C=O) groups excluding carboxylic acids is 2. The highest BCUT2D eigenvalue weighted by atomic mass is 16.5. The molecule has 6 nitrogen and oxygen atoms in total. The number of rotatable bonds is 4. The minimum Gasteiger partial charge on any atom is -0.504 e. The minimum atomic E-state index is -0.531. The number of ether oxygens (including phenoxy) is 2. The van der Waals surface area contributed by atoms with E-state index in [1.165, 1.54) is 13.4 Å². The quantitative estimate of drug-likeness (QED) is 0.443. The van der Waals surface area contributed by atoms with Gasteiger partial charge in [0.25, 0.3) is 0 Å². The van der Waals surface area contributed by atoms with Gasteiger partial charge in [0.1, 0.15) is 0 Å². The number of para-hydroxylation sites is 1. The molecule has 2 saturated heterocycles. The molecule has 1 aromatic carbocycles. The lowest BCUT2D eigenvalue weighted by atomic mass is 9.67. The Kier molecular flexibility index (Phi) is 5.15. The van der Waals surface area contributed by atoms with Gasteiger partial charge in [-0.25, -0.2) is 4.79 Å². The van der Waals surface area contributed by atoms with Crippen molar-refractivity contribution < 1.29 is 19.1 Å². The summed E-state index contributed by atoms with van der Waals surface area (Å²) in [5.74, 6) is 0.169. The number of carbonyl (C=O) groups is 2. The molecule has 3 aliphatic rings. The van der Waals surface area contributed by atoms with Gasteiger partial charge in [-0.2, -0.15) is 0 Å². The first-order valence-electron chi connectivity index (χ1n) is 10.4. The van der Waals surface area contributed by atoms with Gasteiger partial charge < -0.3 is 14.4 Å². The molecule has 4 rings (SSSR count). The Balaban J connectivity index is 1.76. The Hall–Kier alpha value is -2.34. The van der Waals surface area contributed by atoms with Crippen molar-refractivity contribution in [3.05, 3.63) is 41.7 Å². The molecule has 0 radical (unpaired) electrons. The molecule has 0 N–H and O–H groups in total. The van der Waals surface area contributed by atoms with Crippen LogP contribution in [-0.2, 0) is 24.5 Å². The molecule has 3 heterocycles. The van der Waals surface area contributed by atoms with Crippen molar-refractivity contribution in [2.45, 2.75) is 37.6 Å². The van der Waals surface area contributed by atoms with Crippen LogP contribution in [0.1, 0.15) is 31.7 Å². The maximum Gasteiger partial charge on any atom is 0.337 e. The normalized spacial score (nSPS) is 31.7. The number of piperidine rings is 1. The number of likely N-dealkylation sites (N-methyl/N-ethyl adjacent to an activating group) is 1. The second-order valence-electron chi connectivity index (χ2n) is 8.42. The highest BCUT2D eigenvalue weighted by Crippen LogP contribution is 2.54. The molecule has 0 aliphatic carbocycles. The zero-order chi connectivity index (χ0) is 20.8. The largest absolute Gasteiger partial charge is 0.504 e. The summed E-state index contributed by atoms with van der Waals surface area (Å²) in [6, 6.07) is 8.22. The summed E-state index contributed by atoms with van der Waals surface area (Å²) in [5, 5.41) is 0.